The molecule has 0 saturated carbocycles. The third-order valence-electron chi connectivity index (χ3n) is 12.0. The van der Waals surface area contributed by atoms with Crippen LogP contribution in [0.15, 0.2) is 95.4 Å². The zero-order valence-electron chi connectivity index (χ0n) is 33.5. The Balaban J connectivity index is 1.13. The number of nitrogens with one attached hydrogen (secondary N) is 2. The summed E-state index contributed by atoms with van der Waals surface area (Å²) in [5.74, 6) is -1.10. The number of aliphatic hydroxyl groups is 4. The van der Waals surface area contributed by atoms with Gasteiger partial charge in [0, 0.05) is 41.0 Å². The molecular weight excluding hydrogens is 808 g/mol. The van der Waals surface area contributed by atoms with E-state index in [1.165, 1.54) is 19.4 Å². The Morgan fingerprint density at radius 3 is 2.66 bits per heavy atom. The molecule has 1 spiro atoms. The number of esters is 1. The van der Waals surface area contributed by atoms with Crippen molar-refractivity contribution >= 4 is 18.2 Å². The molecule has 0 radical (unpaired) electrons. The molecule has 9 N–H and O–H groups in total. The largest absolute Gasteiger partial charge is 0.493 e. The number of hydrogen-bond acceptors (Lipinski definition) is 16. The van der Waals surface area contributed by atoms with Crippen LogP contribution in [0.1, 0.15) is 40.7 Å². The summed E-state index contributed by atoms with van der Waals surface area (Å²) in [7, 11) is 1.53. The van der Waals surface area contributed by atoms with Gasteiger partial charge in [0.05, 0.1) is 19.6 Å². The standard InChI is InChI=1S/C44H46N4O14/c1-56-28-8-7-26-34-29(15-22-5-3-2-4-6-22)59-30-17-25(58-43-36(54)35(53)40(55)44(62-43)10-12-47-42(45)41(44)60-32(52)18-31(50)51)16-24(20-48-19-23-9-11-46-27(23)21-48)33(30)39(34)61-37(26)38(28)57-14-13-49/h2-12,16-17,21,29,34-36,39-43,47,49,53-55H,13-15,18-20,45H2,1H3,(H,50,51)/p+1/t29-,34-,35-,36-,39+,40+,41-,42+,43-,44+/m1/s1. The number of carbonyl (C=O) groups is 2. The summed E-state index contributed by atoms with van der Waals surface area (Å²) in [5.41, 5.74) is 9.49. The molecule has 326 valence electrons. The highest BCUT2D eigenvalue weighted by Crippen LogP contribution is 2.59. The topological polar surface area (TPSA) is 255 Å². The Kier molecular flexibility index (Phi) is 11.1. The predicted octanol–water partition coefficient (Wildman–Crippen LogP) is -0.117. The van der Waals surface area contributed by atoms with E-state index in [0.29, 0.717) is 42.5 Å². The molecule has 3 aromatic rings. The molecule has 6 aliphatic rings. The molecule has 0 amide bonds. The summed E-state index contributed by atoms with van der Waals surface area (Å²) in [6.07, 6.45) is -3.35. The van der Waals surface area contributed by atoms with E-state index in [2.05, 4.69) is 10.3 Å². The number of carboxylic acids is 1. The number of carbonyl (C=O) groups excluding carboxylic acids is 1. The van der Waals surface area contributed by atoms with Crippen molar-refractivity contribution in [1.82, 2.24) is 5.32 Å². The summed E-state index contributed by atoms with van der Waals surface area (Å²) < 4.78 is 43.8. The highest BCUT2D eigenvalue weighted by Gasteiger charge is 2.61. The van der Waals surface area contributed by atoms with Crippen LogP contribution in [0.3, 0.4) is 0 Å². The van der Waals surface area contributed by atoms with E-state index in [1.807, 2.05) is 54.7 Å². The van der Waals surface area contributed by atoms with Crippen molar-refractivity contribution in [1.29, 1.82) is 0 Å². The summed E-state index contributed by atoms with van der Waals surface area (Å²) >= 11 is 0. The Bertz CT molecular complexity index is 2350. The first-order chi connectivity index (χ1) is 30.0. The second kappa shape index (κ2) is 16.7. The molecule has 11 atom stereocenters. The van der Waals surface area contributed by atoms with Gasteiger partial charge in [-0.25, -0.2) is 0 Å². The lowest BCUT2D eigenvalue weighted by Gasteiger charge is -2.52. The van der Waals surface area contributed by atoms with Crippen molar-refractivity contribution in [3.8, 4) is 28.7 Å². The van der Waals surface area contributed by atoms with Crippen LogP contribution in [-0.4, -0.2) is 119 Å². The molecule has 18 nitrogen and oxygen atoms in total. The van der Waals surface area contributed by atoms with Crippen LogP contribution in [0.5, 0.6) is 28.7 Å². The number of aliphatic hydroxyl groups excluding tert-OH is 4. The molecule has 0 bridgehead atoms. The Morgan fingerprint density at radius 1 is 1.08 bits per heavy atom. The third-order valence-corrected chi connectivity index (χ3v) is 12.0. The lowest BCUT2D eigenvalue weighted by molar-refractivity contribution is -0.851. The minimum absolute atomic E-state index is 0.00909. The van der Waals surface area contributed by atoms with E-state index in [-0.39, 0.29) is 24.9 Å². The van der Waals surface area contributed by atoms with Gasteiger partial charge in [0.25, 0.3) is 0 Å². The highest BCUT2D eigenvalue weighted by atomic mass is 16.7. The zero-order chi connectivity index (χ0) is 43.3. The van der Waals surface area contributed by atoms with E-state index in [9.17, 15) is 35.1 Å². The van der Waals surface area contributed by atoms with Gasteiger partial charge in [-0.2, -0.15) is 0 Å². The molecule has 0 aromatic heterocycles. The van der Waals surface area contributed by atoms with E-state index in [4.69, 9.17) is 38.9 Å². The van der Waals surface area contributed by atoms with Crippen molar-refractivity contribution in [2.45, 2.75) is 80.0 Å². The summed E-state index contributed by atoms with van der Waals surface area (Å²) in [6, 6.07) is 17.1. The number of nitrogens with zero attached hydrogens (tertiary/aromatic N) is 1. The van der Waals surface area contributed by atoms with Crippen molar-refractivity contribution in [2.24, 2.45) is 10.7 Å². The number of ether oxygens (including phenoxy) is 7. The minimum Gasteiger partial charge on any atom is -0.493 e. The fraction of sp³-hybridized carbons (Fsp3) is 0.386. The summed E-state index contributed by atoms with van der Waals surface area (Å²) in [5, 5.41) is 55.8. The van der Waals surface area contributed by atoms with Crippen molar-refractivity contribution < 1.29 is 73.2 Å². The van der Waals surface area contributed by atoms with Crippen LogP contribution in [0.4, 0.5) is 0 Å². The molecule has 3 aromatic carbocycles. The number of carboxylic acid groups (broad SMARTS) is 1. The van der Waals surface area contributed by atoms with E-state index in [1.54, 1.807) is 18.3 Å². The Hall–Kier alpha value is -5.99. The SMILES string of the molecule is COc1ccc2c(c1OCCO)O[C@H]1c3c(C[NH+]4C=C5N=CC=C5C4)cc(O[C@@H]4O[C@@]5(C=CN[C@H](N)[C@H]5OC(=O)CC(=O)O)[C@@H](O)[C@H](O)[C@H]4O)cc3O[C@H](Cc3ccccc3)[C@@H]21. The molecule has 6 heterocycles. The molecule has 0 aliphatic carbocycles. The number of rotatable bonds is 13. The highest BCUT2D eigenvalue weighted by molar-refractivity contribution is 5.90. The third kappa shape index (κ3) is 7.42. The number of fused-ring (bicyclic) bond motifs is 6. The van der Waals surface area contributed by atoms with E-state index in [0.717, 1.165) is 38.4 Å². The van der Waals surface area contributed by atoms with Gasteiger partial charge < -0.3 is 69.7 Å². The number of nitrogens with two attached hydrogens (primary N) is 1. The van der Waals surface area contributed by atoms with Gasteiger partial charge in [-0.15, -0.1) is 0 Å². The number of hydrogen-bond donors (Lipinski definition) is 8. The maximum Gasteiger partial charge on any atom is 0.317 e. The first-order valence-electron chi connectivity index (χ1n) is 20.3. The molecule has 18 heteroatoms. The minimum atomic E-state index is -2.10. The second-order valence-electron chi connectivity index (χ2n) is 15.9. The average molecular weight is 856 g/mol. The van der Waals surface area contributed by atoms with Crippen LogP contribution in [0.25, 0.3) is 0 Å². The molecule has 62 heavy (non-hydrogen) atoms. The molecule has 1 unspecified atom stereocenters. The van der Waals surface area contributed by atoms with Crippen LogP contribution < -0.4 is 39.6 Å². The van der Waals surface area contributed by atoms with Crippen molar-refractivity contribution in [3.63, 3.8) is 0 Å². The number of aliphatic carboxylic acids is 1. The summed E-state index contributed by atoms with van der Waals surface area (Å²) in [6.45, 7) is 0.844. The first-order valence-corrected chi connectivity index (χ1v) is 20.3. The predicted molar refractivity (Wildman–Crippen MR) is 216 cm³/mol. The lowest BCUT2D eigenvalue weighted by Crippen LogP contribution is -3.04. The molecule has 6 aliphatic heterocycles. The first kappa shape index (κ1) is 41.4. The fourth-order valence-corrected chi connectivity index (χ4v) is 9.21. The fourth-order valence-electron chi connectivity index (χ4n) is 9.21. The Morgan fingerprint density at radius 2 is 1.90 bits per heavy atom. The quantitative estimate of drug-likeness (QED) is 0.0824. The maximum absolute atomic E-state index is 12.6. The number of aliphatic imine (C=N–C) groups is 1. The van der Waals surface area contributed by atoms with E-state index < -0.39 is 73.0 Å². The van der Waals surface area contributed by atoms with Gasteiger partial charge in [0.1, 0.15) is 86.2 Å². The van der Waals surface area contributed by atoms with Gasteiger partial charge in [0.15, 0.2) is 23.2 Å². The monoisotopic (exact) mass is 855 g/mol. The van der Waals surface area contributed by atoms with Gasteiger partial charge in [-0.1, -0.05) is 36.4 Å². The van der Waals surface area contributed by atoms with Gasteiger partial charge in [-0.3, -0.25) is 19.5 Å². The lowest BCUT2D eigenvalue weighted by atomic mass is 9.79. The number of benzene rings is 3. The number of methoxy groups -OCH3 is 1. The average Bonchev–Trinajstić information content (AvgIpc) is 3.97. The Labute approximate surface area is 355 Å². The zero-order valence-corrected chi connectivity index (χ0v) is 33.5. The second-order valence-corrected chi connectivity index (χ2v) is 15.9. The maximum atomic E-state index is 12.6. The normalized spacial score (nSPS) is 31.0. The van der Waals surface area contributed by atoms with Crippen LogP contribution in [-0.2, 0) is 32.0 Å². The molecule has 1 saturated heterocycles. The smallest absolute Gasteiger partial charge is 0.317 e. The number of quaternary nitrogens is 1. The molecular formula is C44H47N4O14+. The van der Waals surface area contributed by atoms with E-state index >= 15 is 0 Å². The molecule has 1 fully saturated rings. The van der Waals surface area contributed by atoms with Gasteiger partial charge >= 0.3 is 11.9 Å². The van der Waals surface area contributed by atoms with Crippen molar-refractivity contribution in [3.05, 3.63) is 113 Å². The van der Waals surface area contributed by atoms with Gasteiger partial charge in [-0.05, 0) is 36.0 Å². The van der Waals surface area contributed by atoms with Gasteiger partial charge in [0.2, 0.25) is 12.0 Å². The van der Waals surface area contributed by atoms with Crippen LogP contribution in [0.2, 0.25) is 0 Å². The van der Waals surface area contributed by atoms with Crippen LogP contribution >= 0.6 is 0 Å². The molecule has 9 rings (SSSR count). The van der Waals surface area contributed by atoms with Crippen molar-refractivity contribution in [2.75, 3.05) is 26.9 Å². The van der Waals surface area contributed by atoms with Crippen LogP contribution in [0, 0.1) is 0 Å². The number of allylic oxidation sites excluding steroid dienone is 1. The summed E-state index contributed by atoms with van der Waals surface area (Å²) in [4.78, 5) is 29.5.